The highest BCUT2D eigenvalue weighted by molar-refractivity contribution is 7.89. The first kappa shape index (κ1) is 16.7. The number of carbonyl (C=O) groups excluding carboxylic acids is 1. The number of likely N-dealkylation sites (N-methyl/N-ethyl adjacent to an activating group) is 2. The molecular formula is C15H18N2O3S2. The molecule has 0 atom stereocenters. The molecule has 0 bridgehead atoms. The third kappa shape index (κ3) is 3.94. The second-order valence-electron chi connectivity index (χ2n) is 4.90. The summed E-state index contributed by atoms with van der Waals surface area (Å²) in [7, 11) is -0.554. The molecule has 118 valence electrons. The molecule has 1 aromatic heterocycles. The first-order valence-electron chi connectivity index (χ1n) is 6.69. The Hall–Kier alpha value is -1.70. The molecular weight excluding hydrogens is 320 g/mol. The second kappa shape index (κ2) is 7.04. The van der Waals surface area contributed by atoms with E-state index in [1.807, 2.05) is 17.5 Å². The Morgan fingerprint density at radius 3 is 2.36 bits per heavy atom. The Morgan fingerprint density at radius 1 is 1.09 bits per heavy atom. The number of nitrogens with zero attached hydrogens (tertiary/aromatic N) is 2. The van der Waals surface area contributed by atoms with E-state index in [2.05, 4.69) is 0 Å². The zero-order valence-corrected chi connectivity index (χ0v) is 14.1. The smallest absolute Gasteiger partial charge is 0.243 e. The van der Waals surface area contributed by atoms with Crippen molar-refractivity contribution >= 4 is 27.3 Å². The third-order valence-corrected chi connectivity index (χ3v) is 5.89. The van der Waals surface area contributed by atoms with Crippen molar-refractivity contribution in [1.82, 2.24) is 9.21 Å². The summed E-state index contributed by atoms with van der Waals surface area (Å²) in [6, 6.07) is 12.0. The van der Waals surface area contributed by atoms with E-state index in [9.17, 15) is 13.2 Å². The molecule has 1 amide bonds. The predicted molar refractivity (Wildman–Crippen MR) is 87.1 cm³/mol. The number of hydrogen-bond donors (Lipinski definition) is 0. The molecule has 22 heavy (non-hydrogen) atoms. The van der Waals surface area contributed by atoms with Crippen LogP contribution in [0.3, 0.4) is 0 Å². The Morgan fingerprint density at radius 2 is 1.77 bits per heavy atom. The molecule has 0 fully saturated rings. The van der Waals surface area contributed by atoms with Gasteiger partial charge in [0.15, 0.2) is 0 Å². The SMILES string of the molecule is CN(Cc1cccs1)C(=O)CN(C)S(=O)(=O)c1ccccc1. The quantitative estimate of drug-likeness (QED) is 0.810. The van der Waals surface area contributed by atoms with Crippen molar-refractivity contribution in [2.75, 3.05) is 20.6 Å². The highest BCUT2D eigenvalue weighted by atomic mass is 32.2. The third-order valence-electron chi connectivity index (χ3n) is 3.21. The maximum Gasteiger partial charge on any atom is 0.243 e. The van der Waals surface area contributed by atoms with Crippen molar-refractivity contribution in [3.05, 3.63) is 52.7 Å². The Balaban J connectivity index is 2.01. The molecule has 0 saturated heterocycles. The van der Waals surface area contributed by atoms with Gasteiger partial charge in [-0.2, -0.15) is 4.31 Å². The highest BCUT2D eigenvalue weighted by Gasteiger charge is 2.24. The van der Waals surface area contributed by atoms with Gasteiger partial charge in [-0.15, -0.1) is 11.3 Å². The van der Waals surface area contributed by atoms with E-state index in [1.54, 1.807) is 36.6 Å². The molecule has 5 nitrogen and oxygen atoms in total. The monoisotopic (exact) mass is 338 g/mol. The van der Waals surface area contributed by atoms with Gasteiger partial charge < -0.3 is 4.90 Å². The van der Waals surface area contributed by atoms with Gasteiger partial charge in [0, 0.05) is 19.0 Å². The summed E-state index contributed by atoms with van der Waals surface area (Å²) in [5, 5.41) is 1.94. The maximum atomic E-state index is 12.4. The average Bonchev–Trinajstić information content (AvgIpc) is 3.00. The maximum absolute atomic E-state index is 12.4. The van der Waals surface area contributed by atoms with Gasteiger partial charge >= 0.3 is 0 Å². The summed E-state index contributed by atoms with van der Waals surface area (Å²) in [4.78, 5) is 15.0. The molecule has 1 heterocycles. The van der Waals surface area contributed by atoms with Crippen molar-refractivity contribution in [3.63, 3.8) is 0 Å². The van der Waals surface area contributed by atoms with Gasteiger partial charge in [0.2, 0.25) is 15.9 Å². The van der Waals surface area contributed by atoms with Gasteiger partial charge in [0.1, 0.15) is 0 Å². The fourth-order valence-corrected chi connectivity index (χ4v) is 3.79. The lowest BCUT2D eigenvalue weighted by Crippen LogP contribution is -2.38. The molecule has 2 rings (SSSR count). The predicted octanol–water partition coefficient (Wildman–Crippen LogP) is 2.03. The average molecular weight is 338 g/mol. The number of carbonyl (C=O) groups is 1. The number of benzene rings is 1. The van der Waals surface area contributed by atoms with Crippen LogP contribution in [-0.2, 0) is 21.4 Å². The first-order valence-corrected chi connectivity index (χ1v) is 9.01. The summed E-state index contributed by atoms with van der Waals surface area (Å²) >= 11 is 1.56. The normalized spacial score (nSPS) is 11.6. The minimum atomic E-state index is -3.64. The van der Waals surface area contributed by atoms with Crippen molar-refractivity contribution in [2.45, 2.75) is 11.4 Å². The molecule has 0 N–H and O–H groups in total. The zero-order chi connectivity index (χ0) is 16.2. The molecule has 2 aromatic rings. The van der Waals surface area contributed by atoms with Crippen LogP contribution in [0.4, 0.5) is 0 Å². The first-order chi connectivity index (χ1) is 10.4. The van der Waals surface area contributed by atoms with E-state index in [0.717, 1.165) is 9.18 Å². The lowest BCUT2D eigenvalue weighted by molar-refractivity contribution is -0.130. The van der Waals surface area contributed by atoms with E-state index in [1.165, 1.54) is 24.1 Å². The number of amides is 1. The second-order valence-corrected chi connectivity index (χ2v) is 7.98. The summed E-state index contributed by atoms with van der Waals surface area (Å²) in [5.74, 6) is -0.240. The lowest BCUT2D eigenvalue weighted by Gasteiger charge is -2.21. The van der Waals surface area contributed by atoms with Crippen molar-refractivity contribution in [3.8, 4) is 0 Å². The number of thiophene rings is 1. The summed E-state index contributed by atoms with van der Waals surface area (Å²) in [5.41, 5.74) is 0. The van der Waals surface area contributed by atoms with E-state index in [4.69, 9.17) is 0 Å². The topological polar surface area (TPSA) is 57.7 Å². The van der Waals surface area contributed by atoms with Crippen LogP contribution in [-0.4, -0.2) is 44.2 Å². The molecule has 0 spiro atoms. The van der Waals surface area contributed by atoms with Crippen molar-refractivity contribution in [1.29, 1.82) is 0 Å². The van der Waals surface area contributed by atoms with Crippen LogP contribution in [0.2, 0.25) is 0 Å². The summed E-state index contributed by atoms with van der Waals surface area (Å²) < 4.78 is 25.8. The standard InChI is InChI=1S/C15H18N2O3S2/c1-16(11-13-7-6-10-21-13)15(18)12-17(2)22(19,20)14-8-4-3-5-9-14/h3-10H,11-12H2,1-2H3. The van der Waals surface area contributed by atoms with Gasteiger partial charge in [0.05, 0.1) is 18.0 Å². The van der Waals surface area contributed by atoms with Crippen LogP contribution in [0.15, 0.2) is 52.7 Å². The minimum Gasteiger partial charge on any atom is -0.339 e. The van der Waals surface area contributed by atoms with Crippen LogP contribution in [0, 0.1) is 0 Å². The fraction of sp³-hybridized carbons (Fsp3) is 0.267. The van der Waals surface area contributed by atoms with Gasteiger partial charge in [-0.05, 0) is 23.6 Å². The number of hydrogen-bond acceptors (Lipinski definition) is 4. The molecule has 0 unspecified atom stereocenters. The fourth-order valence-electron chi connectivity index (χ4n) is 1.89. The summed E-state index contributed by atoms with van der Waals surface area (Å²) in [6.07, 6.45) is 0. The van der Waals surface area contributed by atoms with Crippen LogP contribution in [0.5, 0.6) is 0 Å². The molecule has 0 aliphatic rings. The van der Waals surface area contributed by atoms with E-state index in [-0.39, 0.29) is 17.3 Å². The zero-order valence-electron chi connectivity index (χ0n) is 12.5. The largest absolute Gasteiger partial charge is 0.339 e. The van der Waals surface area contributed by atoms with E-state index < -0.39 is 10.0 Å². The molecule has 0 saturated carbocycles. The Kier molecular flexibility index (Phi) is 5.33. The lowest BCUT2D eigenvalue weighted by atomic mass is 10.4. The van der Waals surface area contributed by atoms with Gasteiger partial charge in [-0.1, -0.05) is 24.3 Å². The summed E-state index contributed by atoms with van der Waals surface area (Å²) in [6.45, 7) is 0.300. The van der Waals surface area contributed by atoms with E-state index in [0.29, 0.717) is 6.54 Å². The van der Waals surface area contributed by atoms with Crippen LogP contribution in [0.1, 0.15) is 4.88 Å². The number of rotatable bonds is 6. The van der Waals surface area contributed by atoms with Crippen molar-refractivity contribution < 1.29 is 13.2 Å². The Bertz CT molecular complexity index is 713. The molecule has 0 aliphatic heterocycles. The van der Waals surface area contributed by atoms with Gasteiger partial charge in [-0.3, -0.25) is 4.79 Å². The Labute approximate surface area is 134 Å². The molecule has 7 heteroatoms. The number of sulfonamides is 1. The van der Waals surface area contributed by atoms with Gasteiger partial charge in [0.25, 0.3) is 0 Å². The van der Waals surface area contributed by atoms with Crippen LogP contribution >= 0.6 is 11.3 Å². The van der Waals surface area contributed by atoms with Crippen LogP contribution < -0.4 is 0 Å². The molecule has 0 aliphatic carbocycles. The highest BCUT2D eigenvalue weighted by Crippen LogP contribution is 2.14. The van der Waals surface area contributed by atoms with Crippen molar-refractivity contribution in [2.24, 2.45) is 0 Å². The minimum absolute atomic E-state index is 0.181. The molecule has 0 radical (unpaired) electrons. The molecule has 1 aromatic carbocycles. The van der Waals surface area contributed by atoms with Gasteiger partial charge in [-0.25, -0.2) is 8.42 Å². The van der Waals surface area contributed by atoms with E-state index >= 15 is 0 Å². The van der Waals surface area contributed by atoms with Crippen LogP contribution in [0.25, 0.3) is 0 Å².